The maximum absolute atomic E-state index is 12.1. The summed E-state index contributed by atoms with van der Waals surface area (Å²) < 4.78 is 0. The average Bonchev–Trinajstić information content (AvgIpc) is 2.79. The summed E-state index contributed by atoms with van der Waals surface area (Å²) in [4.78, 5) is 12.1. The zero-order valence-corrected chi connectivity index (χ0v) is 21.5. The molecule has 0 rings (SSSR count). The van der Waals surface area contributed by atoms with E-state index in [1.807, 2.05) is 0 Å². The molecule has 0 aromatic rings. The summed E-state index contributed by atoms with van der Waals surface area (Å²) in [5.74, 6) is -0.0510. The minimum atomic E-state index is -0.653. The van der Waals surface area contributed by atoms with E-state index in [1.54, 1.807) is 0 Å². The Balaban J connectivity index is 3.54. The molecule has 0 fully saturated rings. The third-order valence-electron chi connectivity index (χ3n) is 6.28. The van der Waals surface area contributed by atoms with Gasteiger partial charge in [-0.15, -0.1) is 0 Å². The Kier molecular flexibility index (Phi) is 24.1. The number of nitrogens with one attached hydrogen (secondary N) is 1. The number of carbonyl (C=O) groups excluding carboxylic acids is 1. The predicted octanol–water partition coefficient (Wildman–Crippen LogP) is 7.22. The Morgan fingerprint density at radius 2 is 1.19 bits per heavy atom. The zero-order chi connectivity index (χ0) is 23.7. The van der Waals surface area contributed by atoms with Gasteiger partial charge in [-0.05, 0) is 38.5 Å². The molecule has 0 aromatic heterocycles. The summed E-state index contributed by atoms with van der Waals surface area (Å²) in [7, 11) is 0. The van der Waals surface area contributed by atoms with E-state index in [1.165, 1.54) is 83.5 Å². The SMILES string of the molecule is CCCCCCCCC/C=C\CCCCCCCC(=O)NC(CO)C(O)CCCCCC. The number of hydrogen-bond donors (Lipinski definition) is 3. The molecule has 0 bridgehead atoms. The summed E-state index contributed by atoms with van der Waals surface area (Å²) in [5.41, 5.74) is 0. The Bertz CT molecular complexity index is 425. The maximum Gasteiger partial charge on any atom is 0.220 e. The van der Waals surface area contributed by atoms with Gasteiger partial charge in [0.15, 0.2) is 0 Å². The van der Waals surface area contributed by atoms with E-state index in [4.69, 9.17) is 0 Å². The van der Waals surface area contributed by atoms with Crippen LogP contribution in [0.1, 0.15) is 142 Å². The van der Waals surface area contributed by atoms with E-state index in [0.717, 1.165) is 32.1 Å². The van der Waals surface area contributed by atoms with Crippen molar-refractivity contribution in [3.8, 4) is 0 Å². The monoisotopic (exact) mass is 453 g/mol. The Morgan fingerprint density at radius 3 is 1.72 bits per heavy atom. The summed E-state index contributed by atoms with van der Waals surface area (Å²) >= 11 is 0. The van der Waals surface area contributed by atoms with Crippen LogP contribution >= 0.6 is 0 Å². The molecule has 0 heterocycles. The first-order chi connectivity index (χ1) is 15.7. The molecule has 1 amide bonds. The van der Waals surface area contributed by atoms with E-state index >= 15 is 0 Å². The third-order valence-corrected chi connectivity index (χ3v) is 6.28. The average molecular weight is 454 g/mol. The molecule has 0 radical (unpaired) electrons. The van der Waals surface area contributed by atoms with Gasteiger partial charge in [0.2, 0.25) is 5.91 Å². The molecular weight excluding hydrogens is 398 g/mol. The molecular formula is C28H55NO3. The van der Waals surface area contributed by atoms with Crippen molar-refractivity contribution >= 4 is 5.91 Å². The molecule has 190 valence electrons. The summed E-state index contributed by atoms with van der Waals surface area (Å²) in [5, 5.41) is 22.5. The summed E-state index contributed by atoms with van der Waals surface area (Å²) in [6.45, 7) is 4.22. The van der Waals surface area contributed by atoms with Crippen molar-refractivity contribution in [2.45, 2.75) is 154 Å². The van der Waals surface area contributed by atoms with Crippen molar-refractivity contribution < 1.29 is 15.0 Å². The second-order valence-corrected chi connectivity index (χ2v) is 9.46. The van der Waals surface area contributed by atoms with Crippen molar-refractivity contribution in [1.82, 2.24) is 5.32 Å². The fourth-order valence-corrected chi connectivity index (χ4v) is 4.06. The van der Waals surface area contributed by atoms with Gasteiger partial charge in [-0.25, -0.2) is 0 Å². The highest BCUT2D eigenvalue weighted by Crippen LogP contribution is 2.11. The molecule has 0 spiro atoms. The van der Waals surface area contributed by atoms with Gasteiger partial charge in [0.05, 0.1) is 18.8 Å². The second-order valence-electron chi connectivity index (χ2n) is 9.46. The van der Waals surface area contributed by atoms with Crippen LogP contribution in [0.15, 0.2) is 12.2 Å². The molecule has 0 aliphatic rings. The van der Waals surface area contributed by atoms with Gasteiger partial charge in [-0.3, -0.25) is 4.79 Å². The highest BCUT2D eigenvalue weighted by Gasteiger charge is 2.19. The van der Waals surface area contributed by atoms with Crippen LogP contribution in [0.5, 0.6) is 0 Å². The standard InChI is InChI=1S/C28H55NO3/c1-3-5-7-9-10-11-12-13-14-15-16-17-18-19-20-22-24-28(32)29-26(25-30)27(31)23-21-8-6-4-2/h14-15,26-27,30-31H,3-13,16-25H2,1-2H3,(H,29,32)/b15-14-. The van der Waals surface area contributed by atoms with Gasteiger partial charge in [0.1, 0.15) is 0 Å². The molecule has 0 saturated heterocycles. The molecule has 32 heavy (non-hydrogen) atoms. The van der Waals surface area contributed by atoms with Crippen molar-refractivity contribution in [3.63, 3.8) is 0 Å². The minimum Gasteiger partial charge on any atom is -0.394 e. The van der Waals surface area contributed by atoms with E-state index < -0.39 is 12.1 Å². The fourth-order valence-electron chi connectivity index (χ4n) is 4.06. The smallest absolute Gasteiger partial charge is 0.220 e. The number of rotatable bonds is 24. The number of allylic oxidation sites excluding steroid dienone is 2. The second kappa shape index (κ2) is 24.8. The lowest BCUT2D eigenvalue weighted by atomic mass is 10.0. The van der Waals surface area contributed by atoms with Crippen LogP contribution in [0.3, 0.4) is 0 Å². The Labute approximate surface area is 199 Å². The normalized spacial score (nSPS) is 13.5. The first-order valence-electron chi connectivity index (χ1n) is 13.9. The van der Waals surface area contributed by atoms with Crippen LogP contribution in [0.4, 0.5) is 0 Å². The lowest BCUT2D eigenvalue weighted by Crippen LogP contribution is -2.45. The summed E-state index contributed by atoms with van der Waals surface area (Å²) in [6.07, 6.45) is 27.1. The van der Waals surface area contributed by atoms with Crippen molar-refractivity contribution in [1.29, 1.82) is 0 Å². The maximum atomic E-state index is 12.1. The highest BCUT2D eigenvalue weighted by molar-refractivity contribution is 5.76. The van der Waals surface area contributed by atoms with Crippen LogP contribution in [-0.2, 0) is 4.79 Å². The van der Waals surface area contributed by atoms with Crippen molar-refractivity contribution in [3.05, 3.63) is 12.2 Å². The Morgan fingerprint density at radius 1 is 0.719 bits per heavy atom. The van der Waals surface area contributed by atoms with Crippen LogP contribution < -0.4 is 5.32 Å². The number of amides is 1. The van der Waals surface area contributed by atoms with Crippen molar-refractivity contribution in [2.75, 3.05) is 6.61 Å². The topological polar surface area (TPSA) is 69.6 Å². The van der Waals surface area contributed by atoms with E-state index in [2.05, 4.69) is 31.3 Å². The van der Waals surface area contributed by atoms with Gasteiger partial charge in [-0.1, -0.05) is 109 Å². The van der Waals surface area contributed by atoms with E-state index in [9.17, 15) is 15.0 Å². The molecule has 0 aliphatic carbocycles. The first kappa shape index (κ1) is 31.1. The van der Waals surface area contributed by atoms with Gasteiger partial charge < -0.3 is 15.5 Å². The van der Waals surface area contributed by atoms with Crippen LogP contribution in [-0.4, -0.2) is 34.9 Å². The molecule has 3 N–H and O–H groups in total. The third kappa shape index (κ3) is 21.0. The van der Waals surface area contributed by atoms with Crippen LogP contribution in [0.2, 0.25) is 0 Å². The number of carbonyl (C=O) groups is 1. The molecule has 0 aromatic carbocycles. The number of aliphatic hydroxyl groups is 2. The van der Waals surface area contributed by atoms with Crippen LogP contribution in [0, 0.1) is 0 Å². The van der Waals surface area contributed by atoms with Gasteiger partial charge in [0.25, 0.3) is 0 Å². The number of unbranched alkanes of at least 4 members (excludes halogenated alkanes) is 15. The first-order valence-corrected chi connectivity index (χ1v) is 13.9. The highest BCUT2D eigenvalue weighted by atomic mass is 16.3. The molecule has 4 heteroatoms. The van der Waals surface area contributed by atoms with Gasteiger partial charge in [0, 0.05) is 6.42 Å². The molecule has 0 aliphatic heterocycles. The van der Waals surface area contributed by atoms with Gasteiger partial charge >= 0.3 is 0 Å². The molecule has 2 unspecified atom stereocenters. The lowest BCUT2D eigenvalue weighted by Gasteiger charge is -2.22. The van der Waals surface area contributed by atoms with E-state index in [0.29, 0.717) is 12.8 Å². The zero-order valence-electron chi connectivity index (χ0n) is 21.5. The number of aliphatic hydroxyl groups excluding tert-OH is 2. The van der Waals surface area contributed by atoms with Crippen molar-refractivity contribution in [2.24, 2.45) is 0 Å². The quantitative estimate of drug-likeness (QED) is 0.107. The largest absolute Gasteiger partial charge is 0.394 e. The summed E-state index contributed by atoms with van der Waals surface area (Å²) in [6, 6.07) is -0.531. The predicted molar refractivity (Wildman–Crippen MR) is 138 cm³/mol. The fraction of sp³-hybridized carbons (Fsp3) is 0.893. The Hall–Kier alpha value is -0.870. The molecule has 4 nitrogen and oxygen atoms in total. The van der Waals surface area contributed by atoms with E-state index in [-0.39, 0.29) is 12.5 Å². The number of hydrogen-bond acceptors (Lipinski definition) is 3. The molecule has 2 atom stereocenters. The molecule has 0 saturated carbocycles. The van der Waals surface area contributed by atoms with Gasteiger partial charge in [-0.2, -0.15) is 0 Å². The lowest BCUT2D eigenvalue weighted by molar-refractivity contribution is -0.123. The van der Waals surface area contributed by atoms with Crippen LogP contribution in [0.25, 0.3) is 0 Å². The minimum absolute atomic E-state index is 0.0510.